The number of hydrogen-bond acceptors (Lipinski definition) is 2. The first-order valence-corrected chi connectivity index (χ1v) is 13.7. The third kappa shape index (κ3) is 4.58. The van der Waals surface area contributed by atoms with Crippen LogP contribution in [0.2, 0.25) is 0 Å². The highest BCUT2D eigenvalue weighted by Gasteiger charge is 2.50. The number of carbonyl (C=O) groups excluding carboxylic acids is 1. The van der Waals surface area contributed by atoms with Gasteiger partial charge in [-0.15, -0.1) is 0 Å². The molecule has 0 spiro atoms. The second-order valence-electron chi connectivity index (χ2n) is 11.0. The molecule has 5 heteroatoms. The van der Waals surface area contributed by atoms with Crippen LogP contribution in [0.1, 0.15) is 68.6 Å². The van der Waals surface area contributed by atoms with Crippen LogP contribution in [0.4, 0.5) is 4.39 Å². The molecule has 0 bridgehead atoms. The van der Waals surface area contributed by atoms with E-state index in [0.29, 0.717) is 23.8 Å². The van der Waals surface area contributed by atoms with Gasteiger partial charge >= 0.3 is 0 Å². The fourth-order valence-corrected chi connectivity index (χ4v) is 7.08. The number of rotatable bonds is 4. The Morgan fingerprint density at radius 2 is 1.76 bits per heavy atom. The molecule has 2 fully saturated rings. The Kier molecular flexibility index (Phi) is 6.87. The van der Waals surface area contributed by atoms with E-state index >= 15 is 0 Å². The van der Waals surface area contributed by atoms with E-state index in [1.165, 1.54) is 16.7 Å². The van der Waals surface area contributed by atoms with Crippen LogP contribution in [0.25, 0.3) is 0 Å². The minimum atomic E-state index is -0.248. The molecule has 0 aromatic heterocycles. The van der Waals surface area contributed by atoms with Crippen molar-refractivity contribution < 1.29 is 9.18 Å². The van der Waals surface area contributed by atoms with Crippen molar-refractivity contribution in [1.29, 1.82) is 0 Å². The van der Waals surface area contributed by atoms with Crippen molar-refractivity contribution in [3.63, 3.8) is 0 Å². The van der Waals surface area contributed by atoms with Gasteiger partial charge in [0, 0.05) is 23.6 Å². The maximum absolute atomic E-state index is 14.0. The van der Waals surface area contributed by atoms with Crippen LogP contribution in [0, 0.1) is 17.2 Å². The molecule has 1 aliphatic carbocycles. The molecule has 0 N–H and O–H groups in total. The van der Waals surface area contributed by atoms with Crippen molar-refractivity contribution in [2.75, 3.05) is 19.6 Å². The fraction of sp³-hybridized carbons (Fsp3) is 0.552. The Morgan fingerprint density at radius 3 is 2.47 bits per heavy atom. The molecule has 1 saturated carbocycles. The van der Waals surface area contributed by atoms with Crippen LogP contribution >= 0.6 is 15.9 Å². The van der Waals surface area contributed by atoms with Crippen molar-refractivity contribution in [1.82, 2.24) is 9.80 Å². The van der Waals surface area contributed by atoms with Crippen LogP contribution in [0.3, 0.4) is 0 Å². The normalized spacial score (nSPS) is 26.1. The molecule has 0 unspecified atom stereocenters. The number of fused-ring (bicyclic) bond motifs is 1. The molecule has 2 aromatic rings. The Morgan fingerprint density at radius 1 is 1.03 bits per heavy atom. The van der Waals surface area contributed by atoms with Gasteiger partial charge in [0.15, 0.2) is 0 Å². The molecule has 182 valence electrons. The summed E-state index contributed by atoms with van der Waals surface area (Å²) in [5.41, 5.74) is 3.67. The third-order valence-corrected chi connectivity index (χ3v) is 9.40. The Hall–Kier alpha value is -1.72. The van der Waals surface area contributed by atoms with Crippen molar-refractivity contribution in [3.8, 4) is 0 Å². The number of halogens is 2. The van der Waals surface area contributed by atoms with E-state index in [0.717, 1.165) is 69.2 Å². The Balaban J connectivity index is 1.24. The highest BCUT2D eigenvalue weighted by molar-refractivity contribution is 9.10. The SMILES string of the molecule is CC(C)[C@]1(C(=O)N2CCc3ccc(Br)cc3C2)CC[C@@H](N2CCC(c3ccc(F)cc3)CC2)C1. The van der Waals surface area contributed by atoms with E-state index in [-0.39, 0.29) is 11.2 Å². The van der Waals surface area contributed by atoms with Crippen molar-refractivity contribution >= 4 is 21.8 Å². The van der Waals surface area contributed by atoms with Crippen LogP contribution < -0.4 is 0 Å². The monoisotopic (exact) mass is 526 g/mol. The molecule has 5 rings (SSSR count). The van der Waals surface area contributed by atoms with Crippen molar-refractivity contribution in [2.45, 2.75) is 70.9 Å². The zero-order chi connectivity index (χ0) is 23.9. The van der Waals surface area contributed by atoms with Gasteiger partial charge in [0.2, 0.25) is 5.91 Å². The topological polar surface area (TPSA) is 23.6 Å². The van der Waals surface area contributed by atoms with E-state index in [1.54, 1.807) is 12.1 Å². The Bertz CT molecular complexity index is 1030. The molecule has 34 heavy (non-hydrogen) atoms. The van der Waals surface area contributed by atoms with E-state index in [1.807, 2.05) is 12.1 Å². The number of hydrogen-bond donors (Lipinski definition) is 0. The van der Waals surface area contributed by atoms with Gasteiger partial charge in [-0.25, -0.2) is 4.39 Å². The minimum absolute atomic E-state index is 0.160. The van der Waals surface area contributed by atoms with Gasteiger partial charge in [0.25, 0.3) is 0 Å². The highest BCUT2D eigenvalue weighted by atomic mass is 79.9. The summed E-state index contributed by atoms with van der Waals surface area (Å²) >= 11 is 3.60. The van der Waals surface area contributed by atoms with Crippen LogP contribution in [0.15, 0.2) is 46.9 Å². The number of nitrogens with zero attached hydrogens (tertiary/aromatic N) is 2. The van der Waals surface area contributed by atoms with Crippen molar-refractivity contribution in [3.05, 3.63) is 69.4 Å². The summed E-state index contributed by atoms with van der Waals surface area (Å²) in [5, 5.41) is 0. The van der Waals surface area contributed by atoms with Crippen LogP contribution in [0.5, 0.6) is 0 Å². The molecule has 2 atom stereocenters. The summed E-state index contributed by atoms with van der Waals surface area (Å²) in [7, 11) is 0. The summed E-state index contributed by atoms with van der Waals surface area (Å²) in [6, 6.07) is 14.0. The standard InChI is InChI=1S/C29H36BrFN2O/c1-20(2)29(28(34)33-16-12-22-3-6-25(30)17-24(22)19-33)13-9-27(18-29)32-14-10-23(11-15-32)21-4-7-26(31)8-5-21/h3-8,17,20,23,27H,9-16,18-19H2,1-2H3/t27-,29+/m1/s1. The van der Waals surface area contributed by atoms with Crippen LogP contribution in [-0.4, -0.2) is 41.4 Å². The second kappa shape index (κ2) is 9.73. The fourth-order valence-electron chi connectivity index (χ4n) is 6.67. The number of likely N-dealkylation sites (tertiary alicyclic amines) is 1. The van der Waals surface area contributed by atoms with E-state index in [2.05, 4.69) is 57.8 Å². The van der Waals surface area contributed by atoms with Gasteiger partial charge in [-0.05, 0) is 104 Å². The summed E-state index contributed by atoms with van der Waals surface area (Å²) in [6.45, 7) is 8.19. The van der Waals surface area contributed by atoms with Gasteiger partial charge in [-0.3, -0.25) is 4.79 Å². The van der Waals surface area contributed by atoms with E-state index in [4.69, 9.17) is 0 Å². The molecule has 1 saturated heterocycles. The first-order chi connectivity index (χ1) is 16.4. The van der Waals surface area contributed by atoms with E-state index in [9.17, 15) is 9.18 Å². The first kappa shape index (κ1) is 24.0. The smallest absolute Gasteiger partial charge is 0.229 e. The average molecular weight is 528 g/mol. The molecule has 3 nitrogen and oxygen atoms in total. The van der Waals surface area contributed by atoms with Gasteiger partial charge < -0.3 is 9.80 Å². The summed E-state index contributed by atoms with van der Waals surface area (Å²) in [6.07, 6.45) is 6.26. The largest absolute Gasteiger partial charge is 0.338 e. The average Bonchev–Trinajstić information content (AvgIpc) is 3.31. The predicted octanol–water partition coefficient (Wildman–Crippen LogP) is 6.55. The first-order valence-electron chi connectivity index (χ1n) is 12.9. The van der Waals surface area contributed by atoms with Gasteiger partial charge in [-0.2, -0.15) is 0 Å². The lowest BCUT2D eigenvalue weighted by molar-refractivity contribution is -0.146. The maximum Gasteiger partial charge on any atom is 0.229 e. The molecule has 1 amide bonds. The summed E-state index contributed by atoms with van der Waals surface area (Å²) in [5.74, 6) is 1.07. The zero-order valence-electron chi connectivity index (χ0n) is 20.4. The number of piperidine rings is 1. The lowest BCUT2D eigenvalue weighted by Crippen LogP contribution is -2.48. The molecular weight excluding hydrogens is 491 g/mol. The number of carbonyl (C=O) groups is 1. The van der Waals surface area contributed by atoms with Crippen molar-refractivity contribution in [2.24, 2.45) is 11.3 Å². The summed E-state index contributed by atoms with van der Waals surface area (Å²) < 4.78 is 14.4. The third-order valence-electron chi connectivity index (χ3n) is 8.91. The lowest BCUT2D eigenvalue weighted by Gasteiger charge is -2.41. The quantitative estimate of drug-likeness (QED) is 0.451. The second-order valence-corrected chi connectivity index (χ2v) is 11.9. The number of amides is 1. The van der Waals surface area contributed by atoms with Gasteiger partial charge in [0.1, 0.15) is 5.82 Å². The molecular formula is C29H36BrFN2O. The van der Waals surface area contributed by atoms with Gasteiger partial charge in [-0.1, -0.05) is 48.0 Å². The Labute approximate surface area is 211 Å². The molecule has 2 heterocycles. The zero-order valence-corrected chi connectivity index (χ0v) is 22.0. The molecule has 2 aromatic carbocycles. The van der Waals surface area contributed by atoms with E-state index < -0.39 is 0 Å². The molecule has 3 aliphatic rings. The molecule has 2 aliphatic heterocycles. The summed E-state index contributed by atoms with van der Waals surface area (Å²) in [4.78, 5) is 18.8. The van der Waals surface area contributed by atoms with Gasteiger partial charge in [0.05, 0.1) is 5.41 Å². The minimum Gasteiger partial charge on any atom is -0.338 e. The molecule has 0 radical (unpaired) electrons. The predicted molar refractivity (Wildman–Crippen MR) is 138 cm³/mol. The lowest BCUT2D eigenvalue weighted by atomic mass is 9.73. The maximum atomic E-state index is 14.0. The highest BCUT2D eigenvalue weighted by Crippen LogP contribution is 2.48. The van der Waals surface area contributed by atoms with Crippen LogP contribution in [-0.2, 0) is 17.8 Å². The number of benzene rings is 2.